The molecular weight excluding hydrogens is 983 g/mol. The molecule has 0 saturated heterocycles. The van der Waals surface area contributed by atoms with E-state index in [9.17, 15) is 19.5 Å². The summed E-state index contributed by atoms with van der Waals surface area (Å²) in [4.78, 5) is 37.4. The number of esters is 2. The van der Waals surface area contributed by atoms with E-state index in [0.717, 1.165) is 89.9 Å². The molecule has 2 atom stereocenters. The molecule has 0 bridgehead atoms. The van der Waals surface area contributed by atoms with Crippen LogP contribution >= 0.6 is 0 Å². The van der Waals surface area contributed by atoms with Gasteiger partial charge in [0, 0.05) is 12.8 Å². The molecule has 0 aromatic heterocycles. The quantitative estimate of drug-likeness (QED) is 0.0195. The lowest BCUT2D eigenvalue weighted by molar-refractivity contribution is -0.870. The van der Waals surface area contributed by atoms with Crippen LogP contribution in [-0.2, 0) is 33.3 Å². The summed E-state index contributed by atoms with van der Waals surface area (Å²) in [6.45, 7) is 4.64. The highest BCUT2D eigenvalue weighted by molar-refractivity contribution is 5.70. The Labute approximate surface area is 486 Å². The predicted octanol–water partition coefficient (Wildman–Crippen LogP) is 18.4. The Hall–Kier alpha value is -3.79. The number of carboxylic acids is 1. The lowest BCUT2D eigenvalue weighted by Gasteiger charge is -2.26. The van der Waals surface area contributed by atoms with Gasteiger partial charge in [-0.2, -0.15) is 0 Å². The number of hydrogen-bond donors (Lipinski definition) is 0. The minimum atomic E-state index is -1.63. The Kier molecular flexibility index (Phi) is 57.4. The number of quaternary nitrogens is 1. The smallest absolute Gasteiger partial charge is 0.306 e. The van der Waals surface area contributed by atoms with Crippen LogP contribution in [0.4, 0.5) is 0 Å². The van der Waals surface area contributed by atoms with Crippen LogP contribution in [0.3, 0.4) is 0 Å². The van der Waals surface area contributed by atoms with Crippen molar-refractivity contribution >= 4 is 17.9 Å². The molecule has 454 valence electrons. The van der Waals surface area contributed by atoms with Gasteiger partial charge in [0.25, 0.3) is 0 Å². The van der Waals surface area contributed by atoms with Crippen LogP contribution in [0.5, 0.6) is 0 Å². The largest absolute Gasteiger partial charge is 0.545 e. The van der Waals surface area contributed by atoms with Crippen LogP contribution in [0, 0.1) is 0 Å². The highest BCUT2D eigenvalue weighted by atomic mass is 16.7. The van der Waals surface area contributed by atoms with Gasteiger partial charge < -0.3 is 33.3 Å². The first-order chi connectivity index (χ1) is 38.6. The summed E-state index contributed by atoms with van der Waals surface area (Å²) in [7, 11) is 5.92. The number of hydrogen-bond acceptors (Lipinski definition) is 8. The van der Waals surface area contributed by atoms with E-state index in [2.05, 4.69) is 111 Å². The van der Waals surface area contributed by atoms with Crippen LogP contribution in [-0.4, -0.2) is 82.3 Å². The second kappa shape index (κ2) is 60.3. The number of carbonyl (C=O) groups is 3. The molecule has 0 spiro atoms. The van der Waals surface area contributed by atoms with Gasteiger partial charge in [0.15, 0.2) is 12.4 Å². The molecule has 9 nitrogen and oxygen atoms in total. The van der Waals surface area contributed by atoms with E-state index in [1.807, 2.05) is 21.1 Å². The van der Waals surface area contributed by atoms with Crippen molar-refractivity contribution in [1.82, 2.24) is 0 Å². The van der Waals surface area contributed by atoms with Gasteiger partial charge >= 0.3 is 11.9 Å². The van der Waals surface area contributed by atoms with E-state index in [1.54, 1.807) is 0 Å². The molecule has 0 rings (SSSR count). The molecule has 0 heterocycles. The number of unbranched alkanes of at least 4 members (excludes halogenated alkanes) is 28. The summed E-state index contributed by atoms with van der Waals surface area (Å²) >= 11 is 0. The fourth-order valence-electron chi connectivity index (χ4n) is 8.87. The van der Waals surface area contributed by atoms with Crippen LogP contribution < -0.4 is 5.11 Å². The summed E-state index contributed by atoms with van der Waals surface area (Å²) in [5.74, 6) is -2.29. The topological polar surface area (TPSA) is 111 Å². The Bertz CT molecular complexity index is 1620. The number of aliphatic carboxylic acids is 1. The number of carbonyl (C=O) groups excluding carboxylic acids is 3. The fourth-order valence-corrected chi connectivity index (χ4v) is 8.87. The van der Waals surface area contributed by atoms with Crippen molar-refractivity contribution in [2.45, 2.75) is 283 Å². The number of nitrogens with zero attached hydrogens (tertiary/aromatic N) is 1. The second-order valence-electron chi connectivity index (χ2n) is 22.7. The van der Waals surface area contributed by atoms with E-state index in [-0.39, 0.29) is 38.6 Å². The van der Waals surface area contributed by atoms with Crippen LogP contribution in [0.2, 0.25) is 0 Å². The van der Waals surface area contributed by atoms with Gasteiger partial charge in [-0.3, -0.25) is 9.59 Å². The van der Waals surface area contributed by atoms with Crippen molar-refractivity contribution in [2.24, 2.45) is 0 Å². The number of rotatable bonds is 59. The zero-order chi connectivity index (χ0) is 57.6. The van der Waals surface area contributed by atoms with E-state index < -0.39 is 24.3 Å². The summed E-state index contributed by atoms with van der Waals surface area (Å²) in [6.07, 6.45) is 78.9. The van der Waals surface area contributed by atoms with Crippen LogP contribution in [0.15, 0.2) is 97.2 Å². The van der Waals surface area contributed by atoms with Gasteiger partial charge in [-0.05, 0) is 96.3 Å². The fraction of sp³-hybridized carbons (Fsp3) is 0.729. The zero-order valence-electron chi connectivity index (χ0n) is 51.7. The summed E-state index contributed by atoms with van der Waals surface area (Å²) < 4.78 is 22.8. The first-order valence-corrected chi connectivity index (χ1v) is 32.4. The highest BCUT2D eigenvalue weighted by Crippen LogP contribution is 2.16. The molecule has 2 unspecified atom stereocenters. The third-order valence-electron chi connectivity index (χ3n) is 13.8. The second-order valence-corrected chi connectivity index (χ2v) is 22.7. The van der Waals surface area contributed by atoms with Crippen LogP contribution in [0.1, 0.15) is 271 Å². The molecule has 0 radical (unpaired) electrons. The lowest BCUT2D eigenvalue weighted by Crippen LogP contribution is -2.44. The standard InChI is InChI=1S/C70H121NO8/c1-6-8-10-12-14-16-18-20-22-24-26-28-29-30-31-32-33-34-35-36-37-38-39-41-43-45-47-49-51-53-55-57-59-61-68(73)79-66(65-78-70(69(74)75)76-63-62-71(3,4)5)64-77-67(72)60-58-56-54-52-50-48-46-44-42-40-27-25-23-21-19-17-15-13-11-9-7-2/h8,10,14,16,20,22,25-28,30-31,33-34,36-37,66,70H,6-7,9,11-13,15,17-19,21,23-24,29,32,35,38-65H2,1-5H3/b10-8-,16-14-,22-20-,27-25-,28-26-,31-30-,34-33-,37-36-. The molecule has 0 N–H and O–H groups in total. The molecule has 0 saturated carbocycles. The van der Waals surface area contributed by atoms with E-state index >= 15 is 0 Å². The Balaban J connectivity index is 4.19. The van der Waals surface area contributed by atoms with Gasteiger partial charge in [0.05, 0.1) is 40.3 Å². The summed E-state index contributed by atoms with van der Waals surface area (Å²) in [5, 5.41) is 11.8. The van der Waals surface area contributed by atoms with Gasteiger partial charge in [-0.15, -0.1) is 0 Å². The van der Waals surface area contributed by atoms with Crippen molar-refractivity contribution < 1.29 is 42.9 Å². The van der Waals surface area contributed by atoms with E-state index in [4.69, 9.17) is 18.9 Å². The third kappa shape index (κ3) is 61.7. The maximum atomic E-state index is 12.9. The molecule has 0 aromatic carbocycles. The average molecular weight is 1100 g/mol. The minimum Gasteiger partial charge on any atom is -0.545 e. The van der Waals surface area contributed by atoms with Crippen molar-refractivity contribution in [3.05, 3.63) is 97.2 Å². The Morgan fingerprint density at radius 3 is 1.09 bits per heavy atom. The maximum Gasteiger partial charge on any atom is 0.306 e. The normalized spacial score (nSPS) is 13.4. The number of allylic oxidation sites excluding steroid dienone is 16. The first-order valence-electron chi connectivity index (χ1n) is 32.4. The molecule has 0 aliphatic carbocycles. The monoisotopic (exact) mass is 1100 g/mol. The van der Waals surface area contributed by atoms with Crippen molar-refractivity contribution in [2.75, 3.05) is 47.5 Å². The molecule has 9 heteroatoms. The number of carboxylic acid groups (broad SMARTS) is 1. The number of likely N-dealkylation sites (N-methyl/N-ethyl adjacent to an activating group) is 1. The molecule has 0 fully saturated rings. The molecule has 0 amide bonds. The Morgan fingerprint density at radius 1 is 0.392 bits per heavy atom. The minimum absolute atomic E-state index is 0.144. The van der Waals surface area contributed by atoms with Crippen LogP contribution in [0.25, 0.3) is 0 Å². The van der Waals surface area contributed by atoms with Gasteiger partial charge in [0.2, 0.25) is 0 Å². The van der Waals surface area contributed by atoms with E-state index in [1.165, 1.54) is 148 Å². The van der Waals surface area contributed by atoms with Gasteiger partial charge in [-0.25, -0.2) is 0 Å². The summed E-state index contributed by atoms with van der Waals surface area (Å²) in [5.41, 5.74) is 0. The zero-order valence-corrected chi connectivity index (χ0v) is 51.7. The van der Waals surface area contributed by atoms with Gasteiger partial charge in [0.1, 0.15) is 13.2 Å². The molecular formula is C70H121NO8. The van der Waals surface area contributed by atoms with Crippen molar-refractivity contribution in [3.63, 3.8) is 0 Å². The van der Waals surface area contributed by atoms with E-state index in [0.29, 0.717) is 17.4 Å². The average Bonchev–Trinajstić information content (AvgIpc) is 3.42. The molecule has 0 aliphatic rings. The predicted molar refractivity (Wildman–Crippen MR) is 334 cm³/mol. The first kappa shape index (κ1) is 75.2. The highest BCUT2D eigenvalue weighted by Gasteiger charge is 2.22. The molecule has 0 aromatic rings. The third-order valence-corrected chi connectivity index (χ3v) is 13.8. The van der Waals surface area contributed by atoms with Crippen molar-refractivity contribution in [3.8, 4) is 0 Å². The van der Waals surface area contributed by atoms with Gasteiger partial charge in [-0.1, -0.05) is 259 Å². The maximum absolute atomic E-state index is 12.9. The van der Waals surface area contributed by atoms with Crippen molar-refractivity contribution in [1.29, 1.82) is 0 Å². The SMILES string of the molecule is CC/C=C\C/C=C\C/C=C\C/C=C\C/C=C\C/C=C\C/C=C\CCCCCCCCCCCCCC(=O)OC(COC(=O)CCCCCCCCCCC/C=C\CCCCCCCCCC)COC(OCC[N+](C)(C)C)C(=O)[O-]. The summed E-state index contributed by atoms with van der Waals surface area (Å²) in [6, 6.07) is 0. The molecule has 79 heavy (non-hydrogen) atoms. The molecule has 0 aliphatic heterocycles. The number of ether oxygens (including phenoxy) is 4. The Morgan fingerprint density at radius 2 is 0.722 bits per heavy atom. The lowest BCUT2D eigenvalue weighted by atomic mass is 10.0.